The maximum absolute atomic E-state index is 12.6. The predicted octanol–water partition coefficient (Wildman–Crippen LogP) is 4.21. The summed E-state index contributed by atoms with van der Waals surface area (Å²) >= 11 is 0. The SMILES string of the molecule is Cc1cc(C)nc(NS(=O)(=O)c2ccc(NC(=O)COc3ccc(C(C)(C)C)cc3)cc2)n1. The van der Waals surface area contributed by atoms with Gasteiger partial charge < -0.3 is 10.1 Å². The monoisotopic (exact) mass is 468 g/mol. The molecule has 1 amide bonds. The highest BCUT2D eigenvalue weighted by Crippen LogP contribution is 2.24. The number of sulfonamides is 1. The highest BCUT2D eigenvalue weighted by atomic mass is 32.2. The molecule has 0 spiro atoms. The first-order valence-electron chi connectivity index (χ1n) is 10.4. The van der Waals surface area contributed by atoms with Crippen LogP contribution in [0.2, 0.25) is 0 Å². The van der Waals surface area contributed by atoms with E-state index >= 15 is 0 Å². The molecule has 0 unspecified atom stereocenters. The number of carbonyl (C=O) groups excluding carboxylic acids is 1. The first-order valence-corrected chi connectivity index (χ1v) is 11.9. The lowest BCUT2D eigenvalue weighted by atomic mass is 9.87. The molecule has 9 heteroatoms. The van der Waals surface area contributed by atoms with Crippen molar-refractivity contribution in [3.05, 3.63) is 71.5 Å². The summed E-state index contributed by atoms with van der Waals surface area (Å²) in [5, 5.41) is 2.69. The fourth-order valence-corrected chi connectivity index (χ4v) is 4.01. The highest BCUT2D eigenvalue weighted by Gasteiger charge is 2.17. The van der Waals surface area contributed by atoms with E-state index in [0.717, 1.165) is 0 Å². The average Bonchev–Trinajstić information content (AvgIpc) is 2.71. The molecule has 8 nitrogen and oxygen atoms in total. The molecule has 0 aliphatic carbocycles. The molecular formula is C24H28N4O4S. The molecule has 0 bridgehead atoms. The van der Waals surface area contributed by atoms with Crippen LogP contribution >= 0.6 is 0 Å². The Morgan fingerprint density at radius 1 is 0.939 bits per heavy atom. The molecule has 0 atom stereocenters. The smallest absolute Gasteiger partial charge is 0.264 e. The van der Waals surface area contributed by atoms with Gasteiger partial charge in [0.2, 0.25) is 5.95 Å². The number of amides is 1. The van der Waals surface area contributed by atoms with Gasteiger partial charge in [-0.25, -0.2) is 23.1 Å². The number of aryl methyl sites for hydroxylation is 2. The number of carbonyl (C=O) groups is 1. The van der Waals surface area contributed by atoms with Gasteiger partial charge in [-0.15, -0.1) is 0 Å². The van der Waals surface area contributed by atoms with Crippen LogP contribution in [0.3, 0.4) is 0 Å². The number of rotatable bonds is 7. The van der Waals surface area contributed by atoms with Gasteiger partial charge >= 0.3 is 0 Å². The number of nitrogens with zero attached hydrogens (tertiary/aromatic N) is 2. The standard InChI is InChI=1S/C24H28N4O4S/c1-16-14-17(2)26-23(25-16)28-33(30,31)21-12-8-19(9-13-21)27-22(29)15-32-20-10-6-18(7-11-20)24(3,4)5/h6-14H,15H2,1-5H3,(H,27,29)(H,25,26,28). The summed E-state index contributed by atoms with van der Waals surface area (Å²) in [7, 11) is -3.86. The summed E-state index contributed by atoms with van der Waals surface area (Å²) in [6, 6.07) is 15.2. The molecular weight excluding hydrogens is 440 g/mol. The van der Waals surface area contributed by atoms with Crippen molar-refractivity contribution in [2.75, 3.05) is 16.6 Å². The van der Waals surface area contributed by atoms with Crippen LogP contribution < -0.4 is 14.8 Å². The molecule has 3 rings (SSSR count). The van der Waals surface area contributed by atoms with Crippen molar-refractivity contribution in [3.63, 3.8) is 0 Å². The minimum atomic E-state index is -3.86. The molecule has 3 aromatic rings. The lowest BCUT2D eigenvalue weighted by Gasteiger charge is -2.19. The average molecular weight is 469 g/mol. The Hall–Kier alpha value is -3.46. The first-order chi connectivity index (χ1) is 15.4. The Bertz CT molecular complexity index is 1210. The number of benzene rings is 2. The molecule has 0 fully saturated rings. The second-order valence-corrected chi connectivity index (χ2v) is 10.4. The molecule has 0 saturated heterocycles. The van der Waals surface area contributed by atoms with Crippen molar-refractivity contribution in [1.82, 2.24) is 9.97 Å². The van der Waals surface area contributed by atoms with Gasteiger partial charge in [-0.05, 0) is 67.3 Å². The van der Waals surface area contributed by atoms with Gasteiger partial charge in [0.1, 0.15) is 5.75 Å². The van der Waals surface area contributed by atoms with Crippen molar-refractivity contribution in [2.45, 2.75) is 44.9 Å². The van der Waals surface area contributed by atoms with Crippen LogP contribution in [0.5, 0.6) is 5.75 Å². The van der Waals surface area contributed by atoms with Crippen molar-refractivity contribution >= 4 is 27.6 Å². The second kappa shape index (κ2) is 9.58. The second-order valence-electron chi connectivity index (χ2n) is 8.72. The van der Waals surface area contributed by atoms with E-state index in [1.54, 1.807) is 19.9 Å². The zero-order valence-corrected chi connectivity index (χ0v) is 20.2. The number of hydrogen-bond donors (Lipinski definition) is 2. The van der Waals surface area contributed by atoms with Crippen LogP contribution in [0.4, 0.5) is 11.6 Å². The topological polar surface area (TPSA) is 110 Å². The summed E-state index contributed by atoms with van der Waals surface area (Å²) in [6.45, 7) is 9.73. The number of hydrogen-bond acceptors (Lipinski definition) is 6. The third kappa shape index (κ3) is 6.76. The van der Waals surface area contributed by atoms with E-state index in [4.69, 9.17) is 4.74 Å². The van der Waals surface area contributed by atoms with E-state index in [9.17, 15) is 13.2 Å². The quantitative estimate of drug-likeness (QED) is 0.537. The fourth-order valence-electron chi connectivity index (χ4n) is 3.07. The molecule has 0 radical (unpaired) electrons. The van der Waals surface area contributed by atoms with Gasteiger partial charge in [-0.1, -0.05) is 32.9 Å². The van der Waals surface area contributed by atoms with Crippen LogP contribution in [0.15, 0.2) is 59.5 Å². The molecule has 1 heterocycles. The Morgan fingerprint density at radius 3 is 2.06 bits per heavy atom. The molecule has 174 valence electrons. The maximum Gasteiger partial charge on any atom is 0.264 e. The van der Waals surface area contributed by atoms with E-state index in [1.165, 1.54) is 29.8 Å². The molecule has 33 heavy (non-hydrogen) atoms. The lowest BCUT2D eigenvalue weighted by molar-refractivity contribution is -0.118. The van der Waals surface area contributed by atoms with Crippen LogP contribution in [0.25, 0.3) is 0 Å². The summed E-state index contributed by atoms with van der Waals surface area (Å²) in [4.78, 5) is 20.4. The van der Waals surface area contributed by atoms with Crippen molar-refractivity contribution < 1.29 is 17.9 Å². The normalized spacial score (nSPS) is 11.7. The minimum absolute atomic E-state index is 0.0116. The van der Waals surface area contributed by atoms with Gasteiger partial charge in [0.25, 0.3) is 15.9 Å². The predicted molar refractivity (Wildman–Crippen MR) is 128 cm³/mol. The molecule has 0 aliphatic rings. The van der Waals surface area contributed by atoms with Crippen molar-refractivity contribution in [1.29, 1.82) is 0 Å². The summed E-state index contributed by atoms with van der Waals surface area (Å²) in [5.74, 6) is 0.254. The van der Waals surface area contributed by atoms with Crippen molar-refractivity contribution in [3.8, 4) is 5.75 Å². The van der Waals surface area contributed by atoms with E-state index in [0.29, 0.717) is 22.8 Å². The first kappa shape index (κ1) is 24.2. The molecule has 2 aromatic carbocycles. The number of anilines is 2. The Kier molecular flexibility index (Phi) is 7.02. The van der Waals surface area contributed by atoms with Gasteiger partial charge in [0.15, 0.2) is 6.61 Å². The third-order valence-corrected chi connectivity index (χ3v) is 6.09. The van der Waals surface area contributed by atoms with E-state index in [1.807, 2.05) is 24.3 Å². The van der Waals surface area contributed by atoms with Crippen LogP contribution in [0.1, 0.15) is 37.7 Å². The fraction of sp³-hybridized carbons (Fsp3) is 0.292. The molecule has 1 aromatic heterocycles. The van der Waals surface area contributed by atoms with Crippen LogP contribution in [-0.4, -0.2) is 30.9 Å². The van der Waals surface area contributed by atoms with E-state index < -0.39 is 10.0 Å². The number of aromatic nitrogens is 2. The zero-order chi connectivity index (χ0) is 24.2. The van der Waals surface area contributed by atoms with Gasteiger partial charge in [0.05, 0.1) is 4.90 Å². The molecule has 0 aliphatic heterocycles. The maximum atomic E-state index is 12.6. The van der Waals surface area contributed by atoms with Gasteiger partial charge in [0, 0.05) is 17.1 Å². The molecule has 2 N–H and O–H groups in total. The van der Waals surface area contributed by atoms with Gasteiger partial charge in [-0.2, -0.15) is 0 Å². The van der Waals surface area contributed by atoms with Gasteiger partial charge in [-0.3, -0.25) is 4.79 Å². The Labute approximate surface area is 194 Å². The van der Waals surface area contributed by atoms with E-state index in [2.05, 4.69) is 40.8 Å². The number of nitrogens with one attached hydrogen (secondary N) is 2. The van der Waals surface area contributed by atoms with Crippen molar-refractivity contribution in [2.24, 2.45) is 0 Å². The van der Waals surface area contributed by atoms with Crippen LogP contribution in [-0.2, 0) is 20.2 Å². The highest BCUT2D eigenvalue weighted by molar-refractivity contribution is 7.92. The zero-order valence-electron chi connectivity index (χ0n) is 19.3. The van der Waals surface area contributed by atoms with Crippen LogP contribution in [0, 0.1) is 13.8 Å². The summed E-state index contributed by atoms with van der Waals surface area (Å²) in [5.41, 5.74) is 2.98. The Morgan fingerprint density at radius 2 is 1.52 bits per heavy atom. The minimum Gasteiger partial charge on any atom is -0.484 e. The van der Waals surface area contributed by atoms with E-state index in [-0.39, 0.29) is 28.8 Å². The summed E-state index contributed by atoms with van der Waals surface area (Å²) < 4.78 is 33.1. The number of ether oxygens (including phenoxy) is 1. The Balaban J connectivity index is 1.57. The summed E-state index contributed by atoms with van der Waals surface area (Å²) in [6.07, 6.45) is 0. The largest absolute Gasteiger partial charge is 0.484 e. The lowest BCUT2D eigenvalue weighted by Crippen LogP contribution is -2.20. The molecule has 0 saturated carbocycles. The third-order valence-electron chi connectivity index (χ3n) is 4.75.